The third kappa shape index (κ3) is 2.65. The minimum absolute atomic E-state index is 0.583. The highest BCUT2D eigenvalue weighted by atomic mass is 32.2. The van der Waals surface area contributed by atoms with Crippen LogP contribution in [0.15, 0.2) is 23.1 Å². The van der Waals surface area contributed by atoms with Gasteiger partial charge in [-0.05, 0) is 12.1 Å². The Hall–Kier alpha value is -1.77. The summed E-state index contributed by atoms with van der Waals surface area (Å²) in [6, 6.07) is 3.10. The van der Waals surface area contributed by atoms with Gasteiger partial charge in [-0.1, -0.05) is 6.07 Å². The van der Waals surface area contributed by atoms with Gasteiger partial charge < -0.3 is 9.47 Å². The molecule has 0 saturated carbocycles. The Balaban J connectivity index is 3.70. The molecule has 0 heterocycles. The van der Waals surface area contributed by atoms with Crippen LogP contribution in [0.1, 0.15) is 10.4 Å². The van der Waals surface area contributed by atoms with Crippen molar-refractivity contribution in [1.29, 1.82) is 0 Å². The Labute approximate surface area is 106 Å². The minimum atomic E-state index is -5.73. The molecule has 0 saturated heterocycles. The van der Waals surface area contributed by atoms with Crippen LogP contribution in [0.25, 0.3) is 0 Å². The number of carbonyl (C=O) groups is 1. The molecule has 0 aromatic heterocycles. The summed E-state index contributed by atoms with van der Waals surface area (Å²) in [5.74, 6) is -1.79. The van der Waals surface area contributed by atoms with Crippen LogP contribution in [0.3, 0.4) is 0 Å². The molecule has 1 rings (SSSR count). The molecule has 0 atom stereocenters. The molecule has 5 nitrogen and oxygen atoms in total. The molecule has 0 radical (unpaired) electrons. The number of alkyl halides is 3. The maximum absolute atomic E-state index is 12.6. The van der Waals surface area contributed by atoms with E-state index in [0.29, 0.717) is 0 Å². The predicted octanol–water partition coefficient (Wildman–Crippen LogP) is 1.78. The first kappa shape index (κ1) is 15.3. The molecule has 9 heteroatoms. The van der Waals surface area contributed by atoms with E-state index >= 15 is 0 Å². The van der Waals surface area contributed by atoms with Crippen LogP contribution in [0, 0.1) is 0 Å². The van der Waals surface area contributed by atoms with Gasteiger partial charge in [0.25, 0.3) is 9.84 Å². The summed E-state index contributed by atoms with van der Waals surface area (Å²) < 4.78 is 69.5. The van der Waals surface area contributed by atoms with Crippen LogP contribution >= 0.6 is 0 Å². The van der Waals surface area contributed by atoms with Gasteiger partial charge in [-0.3, -0.25) is 0 Å². The highest BCUT2D eigenvalue weighted by Gasteiger charge is 2.50. The zero-order valence-corrected chi connectivity index (χ0v) is 10.6. The SMILES string of the molecule is COC(=O)c1cccc(OC)c1S(=O)(=O)C(F)(F)F. The van der Waals surface area contributed by atoms with Gasteiger partial charge >= 0.3 is 11.5 Å². The summed E-state index contributed by atoms with van der Waals surface area (Å²) in [7, 11) is -3.82. The molecule has 0 aliphatic carbocycles. The van der Waals surface area contributed by atoms with Crippen molar-refractivity contribution in [3.8, 4) is 5.75 Å². The zero-order valence-electron chi connectivity index (χ0n) is 9.82. The fraction of sp³-hybridized carbons (Fsp3) is 0.300. The minimum Gasteiger partial charge on any atom is -0.495 e. The maximum Gasteiger partial charge on any atom is 0.502 e. The lowest BCUT2D eigenvalue weighted by atomic mass is 10.2. The van der Waals surface area contributed by atoms with Gasteiger partial charge in [-0.15, -0.1) is 0 Å². The number of methoxy groups -OCH3 is 2. The van der Waals surface area contributed by atoms with E-state index in [-0.39, 0.29) is 0 Å². The molecule has 0 aliphatic heterocycles. The molecule has 0 unspecified atom stereocenters. The second-order valence-corrected chi connectivity index (χ2v) is 5.16. The lowest BCUT2D eigenvalue weighted by Gasteiger charge is -2.14. The Morgan fingerprint density at radius 1 is 1.21 bits per heavy atom. The lowest BCUT2D eigenvalue weighted by Crippen LogP contribution is -2.26. The van der Waals surface area contributed by atoms with Crippen molar-refractivity contribution in [3.63, 3.8) is 0 Å². The van der Waals surface area contributed by atoms with Gasteiger partial charge in [-0.25, -0.2) is 13.2 Å². The van der Waals surface area contributed by atoms with Crippen LogP contribution in [-0.2, 0) is 14.6 Å². The van der Waals surface area contributed by atoms with Crippen molar-refractivity contribution < 1.29 is 35.9 Å². The molecule has 19 heavy (non-hydrogen) atoms. The quantitative estimate of drug-likeness (QED) is 0.795. The summed E-state index contributed by atoms with van der Waals surface area (Å²) in [5, 5.41) is 0. The van der Waals surface area contributed by atoms with Crippen LogP contribution in [0.4, 0.5) is 13.2 Å². The zero-order chi connectivity index (χ0) is 14.8. The molecule has 0 N–H and O–H groups in total. The number of hydrogen-bond acceptors (Lipinski definition) is 5. The first-order valence-electron chi connectivity index (χ1n) is 4.73. The number of ether oxygens (including phenoxy) is 2. The molecule has 0 aliphatic rings. The van der Waals surface area contributed by atoms with Gasteiger partial charge in [0.05, 0.1) is 19.8 Å². The van der Waals surface area contributed by atoms with E-state index in [1.54, 1.807) is 0 Å². The Morgan fingerprint density at radius 3 is 2.21 bits per heavy atom. The number of carbonyl (C=O) groups excluding carboxylic acids is 1. The third-order valence-electron chi connectivity index (χ3n) is 2.18. The largest absolute Gasteiger partial charge is 0.502 e. The summed E-state index contributed by atoms with van der Waals surface area (Å²) in [6.07, 6.45) is 0. The van der Waals surface area contributed by atoms with E-state index in [1.807, 2.05) is 0 Å². The van der Waals surface area contributed by atoms with Crippen molar-refractivity contribution in [2.24, 2.45) is 0 Å². The summed E-state index contributed by atoms with van der Waals surface area (Å²) in [6.45, 7) is 0. The van der Waals surface area contributed by atoms with E-state index in [2.05, 4.69) is 9.47 Å². The van der Waals surface area contributed by atoms with Crippen molar-refractivity contribution in [2.75, 3.05) is 14.2 Å². The van der Waals surface area contributed by atoms with Crippen molar-refractivity contribution >= 4 is 15.8 Å². The van der Waals surface area contributed by atoms with Crippen LogP contribution < -0.4 is 4.74 Å². The van der Waals surface area contributed by atoms with Crippen molar-refractivity contribution in [3.05, 3.63) is 23.8 Å². The van der Waals surface area contributed by atoms with E-state index in [4.69, 9.17) is 0 Å². The third-order valence-corrected chi connectivity index (χ3v) is 3.75. The van der Waals surface area contributed by atoms with E-state index in [0.717, 1.165) is 26.4 Å². The molecule has 1 aromatic rings. The lowest BCUT2D eigenvalue weighted by molar-refractivity contribution is -0.0437. The van der Waals surface area contributed by atoms with E-state index < -0.39 is 37.5 Å². The number of hydrogen-bond donors (Lipinski definition) is 0. The normalized spacial score (nSPS) is 12.1. The van der Waals surface area contributed by atoms with Gasteiger partial charge in [0.15, 0.2) is 0 Å². The molecule has 1 aromatic carbocycles. The Kier molecular flexibility index (Phi) is 4.09. The maximum atomic E-state index is 12.6. The van der Waals surface area contributed by atoms with Crippen LogP contribution in [0.5, 0.6) is 5.75 Å². The number of sulfone groups is 1. The second-order valence-electron chi connectivity index (χ2n) is 3.28. The topological polar surface area (TPSA) is 69.7 Å². The van der Waals surface area contributed by atoms with Gasteiger partial charge in [0.1, 0.15) is 10.6 Å². The highest BCUT2D eigenvalue weighted by Crippen LogP contribution is 2.37. The van der Waals surface area contributed by atoms with E-state index in [9.17, 15) is 26.4 Å². The Morgan fingerprint density at radius 2 is 1.79 bits per heavy atom. The fourth-order valence-electron chi connectivity index (χ4n) is 1.34. The monoisotopic (exact) mass is 298 g/mol. The second kappa shape index (κ2) is 5.08. The molecule has 106 valence electrons. The van der Waals surface area contributed by atoms with Crippen molar-refractivity contribution in [1.82, 2.24) is 0 Å². The summed E-state index contributed by atoms with van der Waals surface area (Å²) in [4.78, 5) is 10.1. The smallest absolute Gasteiger partial charge is 0.495 e. The van der Waals surface area contributed by atoms with E-state index in [1.165, 1.54) is 6.07 Å². The highest BCUT2D eigenvalue weighted by molar-refractivity contribution is 7.92. The molecular formula is C10H9F3O5S. The first-order valence-corrected chi connectivity index (χ1v) is 6.21. The molecule has 0 spiro atoms. The number of esters is 1. The van der Waals surface area contributed by atoms with Crippen LogP contribution in [0.2, 0.25) is 0 Å². The average molecular weight is 298 g/mol. The predicted molar refractivity (Wildman–Crippen MR) is 57.6 cm³/mol. The molecule has 0 bridgehead atoms. The first-order chi connectivity index (χ1) is 8.66. The Bertz CT molecular complexity index is 592. The average Bonchev–Trinajstić information content (AvgIpc) is 2.35. The van der Waals surface area contributed by atoms with Gasteiger partial charge in [0, 0.05) is 0 Å². The fourth-order valence-corrected chi connectivity index (χ4v) is 2.43. The van der Waals surface area contributed by atoms with Crippen LogP contribution in [-0.4, -0.2) is 34.1 Å². The molecule has 0 fully saturated rings. The summed E-state index contributed by atoms with van der Waals surface area (Å²) in [5.41, 5.74) is -6.29. The number of rotatable bonds is 3. The molecular weight excluding hydrogens is 289 g/mol. The van der Waals surface area contributed by atoms with Crippen molar-refractivity contribution in [2.45, 2.75) is 10.4 Å². The molecule has 0 amide bonds. The standard InChI is InChI=1S/C10H9F3O5S/c1-17-7-5-3-4-6(9(14)18-2)8(7)19(15,16)10(11,12)13/h3-5H,1-2H3. The summed E-state index contributed by atoms with van der Waals surface area (Å²) >= 11 is 0. The van der Waals surface area contributed by atoms with Gasteiger partial charge in [0.2, 0.25) is 0 Å². The number of halogens is 3. The number of benzene rings is 1. The van der Waals surface area contributed by atoms with Gasteiger partial charge in [-0.2, -0.15) is 13.2 Å².